The molecule has 2 nitrogen and oxygen atoms in total. The molecule has 3 N–H and O–H groups in total. The summed E-state index contributed by atoms with van der Waals surface area (Å²) < 4.78 is 0. The molecular weight excluding hydrogens is 316 g/mol. The van der Waals surface area contributed by atoms with Crippen molar-refractivity contribution in [1.82, 2.24) is 0 Å². The number of halogens is 4. The molecule has 18 heavy (non-hydrogen) atoms. The number of nitrogen functional groups attached to an aromatic ring is 1. The zero-order chi connectivity index (χ0) is 13.7. The van der Waals surface area contributed by atoms with Gasteiger partial charge in [-0.15, -0.1) is 0 Å². The number of phenols is 1. The van der Waals surface area contributed by atoms with Crippen LogP contribution in [0.5, 0.6) is 5.75 Å². The zero-order valence-electron chi connectivity index (χ0n) is 9.00. The van der Waals surface area contributed by atoms with Gasteiger partial charge in [-0.3, -0.25) is 0 Å². The van der Waals surface area contributed by atoms with Crippen molar-refractivity contribution in [3.63, 3.8) is 0 Å². The Morgan fingerprint density at radius 2 is 1.44 bits per heavy atom. The molecule has 0 aliphatic rings. The summed E-state index contributed by atoms with van der Waals surface area (Å²) in [7, 11) is 0. The van der Waals surface area contributed by atoms with E-state index in [4.69, 9.17) is 57.2 Å². The van der Waals surface area contributed by atoms with Crippen LogP contribution in [-0.2, 0) is 0 Å². The highest BCUT2D eigenvalue weighted by Gasteiger charge is 2.03. The lowest BCUT2D eigenvalue weighted by Gasteiger charge is -1.98. The Morgan fingerprint density at radius 3 is 1.83 bits per heavy atom. The Hall–Kier alpha value is -0.800. The van der Waals surface area contributed by atoms with E-state index in [1.54, 1.807) is 18.2 Å². The van der Waals surface area contributed by atoms with Crippen LogP contribution in [0.15, 0.2) is 36.4 Å². The molecule has 0 heterocycles. The van der Waals surface area contributed by atoms with E-state index in [2.05, 4.69) is 0 Å². The van der Waals surface area contributed by atoms with Gasteiger partial charge in [0.1, 0.15) is 5.75 Å². The van der Waals surface area contributed by atoms with E-state index in [0.717, 1.165) is 0 Å². The predicted octanol–water partition coefficient (Wildman–Crippen LogP) is 5.27. The minimum atomic E-state index is 0.0133. The van der Waals surface area contributed by atoms with Crippen molar-refractivity contribution in [2.24, 2.45) is 0 Å². The van der Waals surface area contributed by atoms with Crippen LogP contribution in [0.1, 0.15) is 0 Å². The number of anilines is 1. The van der Waals surface area contributed by atoms with Gasteiger partial charge >= 0.3 is 0 Å². The number of hydrogen-bond donors (Lipinski definition) is 2. The third kappa shape index (κ3) is 4.83. The largest absolute Gasteiger partial charge is 0.508 e. The van der Waals surface area contributed by atoms with Gasteiger partial charge in [0, 0.05) is 22.8 Å². The van der Waals surface area contributed by atoms with Gasteiger partial charge in [0.05, 0.1) is 15.1 Å². The molecule has 0 atom stereocenters. The summed E-state index contributed by atoms with van der Waals surface area (Å²) in [6.45, 7) is 0. The molecule has 2 rings (SSSR count). The molecule has 0 unspecified atom stereocenters. The third-order valence-electron chi connectivity index (χ3n) is 1.82. The van der Waals surface area contributed by atoms with Crippen LogP contribution < -0.4 is 5.73 Å². The van der Waals surface area contributed by atoms with Crippen molar-refractivity contribution >= 4 is 52.1 Å². The Labute approximate surface area is 125 Å². The number of aromatic hydroxyl groups is 1. The van der Waals surface area contributed by atoms with Crippen molar-refractivity contribution in [2.45, 2.75) is 0 Å². The number of phenolic OH excluding ortho intramolecular Hbond substituents is 1. The van der Waals surface area contributed by atoms with Gasteiger partial charge in [-0.25, -0.2) is 0 Å². The Bertz CT molecular complexity index is 505. The molecule has 0 aliphatic carbocycles. The molecule has 0 aliphatic heterocycles. The van der Waals surface area contributed by atoms with Crippen molar-refractivity contribution in [2.75, 3.05) is 5.73 Å². The van der Waals surface area contributed by atoms with E-state index >= 15 is 0 Å². The molecule has 2 aromatic carbocycles. The molecule has 0 amide bonds. The summed E-state index contributed by atoms with van der Waals surface area (Å²) in [5, 5.41) is 10.4. The SMILES string of the molecule is Nc1cccc(Cl)c1.Oc1cc(Cl)c(Cl)c(Cl)c1. The molecule has 0 saturated carbocycles. The van der Waals surface area contributed by atoms with Crippen molar-refractivity contribution in [3.8, 4) is 5.75 Å². The first-order chi connectivity index (χ1) is 8.40. The molecule has 2 aromatic rings. The molecule has 0 spiro atoms. The fraction of sp³-hybridized carbons (Fsp3) is 0. The second kappa shape index (κ2) is 6.95. The number of rotatable bonds is 0. The number of benzene rings is 2. The minimum Gasteiger partial charge on any atom is -0.508 e. The highest BCUT2D eigenvalue weighted by Crippen LogP contribution is 2.33. The van der Waals surface area contributed by atoms with E-state index in [9.17, 15) is 0 Å². The second-order valence-corrected chi connectivity index (χ2v) is 4.91. The normalized spacial score (nSPS) is 9.56. The fourth-order valence-electron chi connectivity index (χ4n) is 1.05. The van der Waals surface area contributed by atoms with Gasteiger partial charge in [-0.1, -0.05) is 52.5 Å². The summed E-state index contributed by atoms with van der Waals surface area (Å²) >= 11 is 22.2. The average molecular weight is 325 g/mol. The fourth-order valence-corrected chi connectivity index (χ4v) is 1.83. The summed E-state index contributed by atoms with van der Waals surface area (Å²) in [4.78, 5) is 0. The standard InChI is InChI=1S/C6H3Cl3O.C6H6ClN/c7-4-1-3(10)2-5(8)6(4)9;7-5-2-1-3-6(8)4-5/h1-2,10H;1-4H,8H2. The second-order valence-electron chi connectivity index (χ2n) is 3.28. The van der Waals surface area contributed by atoms with Crippen LogP contribution >= 0.6 is 46.4 Å². The maximum Gasteiger partial charge on any atom is 0.118 e. The van der Waals surface area contributed by atoms with Crippen LogP contribution in [0.2, 0.25) is 20.1 Å². The maximum absolute atomic E-state index is 8.89. The molecule has 6 heteroatoms. The quantitative estimate of drug-likeness (QED) is 0.512. The third-order valence-corrected chi connectivity index (χ3v) is 3.25. The summed E-state index contributed by atoms with van der Waals surface area (Å²) in [5.74, 6) is 0.0133. The van der Waals surface area contributed by atoms with E-state index < -0.39 is 0 Å². The Morgan fingerprint density at radius 1 is 0.889 bits per heavy atom. The van der Waals surface area contributed by atoms with Crippen LogP contribution in [0.25, 0.3) is 0 Å². The lowest BCUT2D eigenvalue weighted by atomic mass is 10.3. The first kappa shape index (κ1) is 15.3. The number of hydrogen-bond acceptors (Lipinski definition) is 2. The number of nitrogens with two attached hydrogens (primary N) is 1. The average Bonchev–Trinajstić information content (AvgIpc) is 2.26. The Kier molecular flexibility index (Phi) is 5.89. The minimum absolute atomic E-state index is 0.0133. The molecule has 0 saturated heterocycles. The van der Waals surface area contributed by atoms with Crippen molar-refractivity contribution in [1.29, 1.82) is 0 Å². The first-order valence-corrected chi connectivity index (χ1v) is 6.26. The van der Waals surface area contributed by atoms with Crippen LogP contribution in [0.3, 0.4) is 0 Å². The van der Waals surface area contributed by atoms with Gasteiger partial charge in [-0.2, -0.15) is 0 Å². The van der Waals surface area contributed by atoms with Crippen LogP contribution in [-0.4, -0.2) is 5.11 Å². The molecule has 0 aromatic heterocycles. The van der Waals surface area contributed by atoms with Crippen molar-refractivity contribution < 1.29 is 5.11 Å². The lowest BCUT2D eigenvalue weighted by Crippen LogP contribution is -1.80. The van der Waals surface area contributed by atoms with Crippen LogP contribution in [0.4, 0.5) is 5.69 Å². The lowest BCUT2D eigenvalue weighted by molar-refractivity contribution is 0.475. The molecule has 0 bridgehead atoms. The molecular formula is C12H9Cl4NO. The van der Waals surface area contributed by atoms with E-state index in [1.165, 1.54) is 12.1 Å². The summed E-state index contributed by atoms with van der Waals surface area (Å²) in [5.41, 5.74) is 6.08. The van der Waals surface area contributed by atoms with Crippen molar-refractivity contribution in [3.05, 3.63) is 56.5 Å². The smallest absolute Gasteiger partial charge is 0.118 e. The van der Waals surface area contributed by atoms with E-state index in [0.29, 0.717) is 10.7 Å². The zero-order valence-corrected chi connectivity index (χ0v) is 12.0. The van der Waals surface area contributed by atoms with Gasteiger partial charge in [0.2, 0.25) is 0 Å². The van der Waals surface area contributed by atoms with Gasteiger partial charge in [0.15, 0.2) is 0 Å². The van der Waals surface area contributed by atoms with Crippen LogP contribution in [0, 0.1) is 0 Å². The highest BCUT2D eigenvalue weighted by molar-refractivity contribution is 6.48. The molecule has 0 radical (unpaired) electrons. The van der Waals surface area contributed by atoms with E-state index in [1.807, 2.05) is 6.07 Å². The predicted molar refractivity (Wildman–Crippen MR) is 79.0 cm³/mol. The molecule has 0 fully saturated rings. The maximum atomic E-state index is 8.89. The Balaban J connectivity index is 0.000000184. The highest BCUT2D eigenvalue weighted by atomic mass is 35.5. The van der Waals surface area contributed by atoms with E-state index in [-0.39, 0.29) is 20.8 Å². The van der Waals surface area contributed by atoms with Gasteiger partial charge in [0.25, 0.3) is 0 Å². The van der Waals surface area contributed by atoms with Gasteiger partial charge in [-0.05, 0) is 18.2 Å². The van der Waals surface area contributed by atoms with Gasteiger partial charge < -0.3 is 10.8 Å². The summed E-state index contributed by atoms with van der Waals surface area (Å²) in [6.07, 6.45) is 0. The summed E-state index contributed by atoms with van der Waals surface area (Å²) in [6, 6.07) is 9.77. The topological polar surface area (TPSA) is 46.2 Å². The molecule has 96 valence electrons. The first-order valence-electron chi connectivity index (χ1n) is 4.74. The monoisotopic (exact) mass is 323 g/mol.